The highest BCUT2D eigenvalue weighted by Gasteiger charge is 2.37. The van der Waals surface area contributed by atoms with Crippen LogP contribution >= 0.6 is 11.6 Å². The maximum absolute atomic E-state index is 12.9. The highest BCUT2D eigenvalue weighted by molar-refractivity contribution is 6.34. The Morgan fingerprint density at radius 1 is 0.938 bits per heavy atom. The fourth-order valence-electron chi connectivity index (χ4n) is 3.34. The number of anilines is 2. The maximum Gasteiger partial charge on any atom is 0.338 e. The minimum Gasteiger partial charge on any atom is -0.457 e. The van der Waals surface area contributed by atoms with Crippen LogP contribution in [-0.4, -0.2) is 23.7 Å². The van der Waals surface area contributed by atoms with Gasteiger partial charge in [-0.25, -0.2) is 9.69 Å². The summed E-state index contributed by atoms with van der Waals surface area (Å²) in [5, 5.41) is 3.10. The van der Waals surface area contributed by atoms with Crippen LogP contribution in [0.15, 0.2) is 66.7 Å². The Morgan fingerprint density at radius 3 is 2.31 bits per heavy atom. The van der Waals surface area contributed by atoms with Gasteiger partial charge >= 0.3 is 5.97 Å². The van der Waals surface area contributed by atoms with Crippen LogP contribution in [0, 0.1) is 0 Å². The van der Waals surface area contributed by atoms with Crippen molar-refractivity contribution in [1.82, 2.24) is 0 Å². The second kappa shape index (κ2) is 8.64. The van der Waals surface area contributed by atoms with E-state index in [1.807, 2.05) is 0 Å². The normalized spacial score (nSPS) is 12.5. The monoisotopic (exact) mass is 448 g/mol. The van der Waals surface area contributed by atoms with Crippen LogP contribution in [0.2, 0.25) is 5.02 Å². The third-order valence-corrected chi connectivity index (χ3v) is 5.25. The molecule has 32 heavy (non-hydrogen) atoms. The molecule has 8 heteroatoms. The summed E-state index contributed by atoms with van der Waals surface area (Å²) in [6.45, 7) is 1.37. The Kier molecular flexibility index (Phi) is 5.75. The molecule has 1 N–H and O–H groups in total. The van der Waals surface area contributed by atoms with Crippen molar-refractivity contribution in [2.75, 3.05) is 10.2 Å². The van der Waals surface area contributed by atoms with Crippen LogP contribution in [0.4, 0.5) is 11.4 Å². The summed E-state index contributed by atoms with van der Waals surface area (Å²) >= 11 is 6.07. The summed E-state index contributed by atoms with van der Waals surface area (Å²) in [6.07, 6.45) is 0. The highest BCUT2D eigenvalue weighted by atomic mass is 35.5. The quantitative estimate of drug-likeness (QED) is 0.459. The second-order valence-corrected chi connectivity index (χ2v) is 7.51. The smallest absolute Gasteiger partial charge is 0.338 e. The van der Waals surface area contributed by atoms with Gasteiger partial charge in [0, 0.05) is 23.2 Å². The van der Waals surface area contributed by atoms with Gasteiger partial charge in [0.1, 0.15) is 6.61 Å². The number of carbonyl (C=O) groups excluding carboxylic acids is 4. The molecule has 0 fully saturated rings. The van der Waals surface area contributed by atoms with Crippen molar-refractivity contribution < 1.29 is 23.9 Å². The first-order chi connectivity index (χ1) is 15.3. The molecule has 0 atom stereocenters. The molecule has 0 aromatic heterocycles. The van der Waals surface area contributed by atoms with Crippen molar-refractivity contribution in [3.63, 3.8) is 0 Å². The van der Waals surface area contributed by atoms with Gasteiger partial charge in [-0.2, -0.15) is 0 Å². The van der Waals surface area contributed by atoms with Gasteiger partial charge in [-0.15, -0.1) is 0 Å². The molecule has 0 unspecified atom stereocenters. The molecule has 0 saturated carbocycles. The standard InChI is InChI=1S/C24H17ClN2O5/c1-14(28)26-17-7-9-18(10-8-17)27-22(29)19-11-6-15(12-20(19)23(27)30)24(31)32-13-16-4-2-3-5-21(16)25/h2-12H,13H2,1H3,(H,26,28). The topological polar surface area (TPSA) is 92.8 Å². The van der Waals surface area contributed by atoms with Crippen LogP contribution in [0.3, 0.4) is 0 Å². The van der Waals surface area contributed by atoms with E-state index in [9.17, 15) is 19.2 Å². The fourth-order valence-corrected chi connectivity index (χ4v) is 3.53. The molecule has 1 heterocycles. The maximum atomic E-state index is 12.9. The predicted octanol–water partition coefficient (Wildman–Crippen LogP) is 4.46. The average Bonchev–Trinajstić information content (AvgIpc) is 3.03. The number of imide groups is 1. The Hall–Kier alpha value is -3.97. The molecule has 3 aromatic rings. The molecule has 1 aliphatic heterocycles. The van der Waals surface area contributed by atoms with Gasteiger partial charge in [-0.05, 0) is 48.5 Å². The van der Waals surface area contributed by atoms with Gasteiger partial charge in [0.05, 0.1) is 22.4 Å². The summed E-state index contributed by atoms with van der Waals surface area (Å²) < 4.78 is 5.31. The van der Waals surface area contributed by atoms with Crippen LogP contribution < -0.4 is 10.2 Å². The van der Waals surface area contributed by atoms with E-state index >= 15 is 0 Å². The number of rotatable bonds is 5. The number of halogens is 1. The summed E-state index contributed by atoms with van der Waals surface area (Å²) in [7, 11) is 0. The number of carbonyl (C=O) groups is 4. The first kappa shape index (κ1) is 21.3. The molecule has 3 aromatic carbocycles. The molecule has 3 amide bonds. The molecule has 160 valence electrons. The van der Waals surface area contributed by atoms with Crippen LogP contribution in [0.1, 0.15) is 43.6 Å². The molecular weight excluding hydrogens is 432 g/mol. The first-order valence-electron chi connectivity index (χ1n) is 9.66. The molecule has 0 aliphatic carbocycles. The minimum absolute atomic E-state index is 0.0186. The number of hydrogen-bond donors (Lipinski definition) is 1. The number of nitrogens with zero attached hydrogens (tertiary/aromatic N) is 1. The molecule has 0 saturated heterocycles. The van der Waals surface area contributed by atoms with Crippen molar-refractivity contribution in [2.24, 2.45) is 0 Å². The third kappa shape index (κ3) is 4.10. The Labute approximate surface area is 188 Å². The zero-order valence-electron chi connectivity index (χ0n) is 16.9. The van der Waals surface area contributed by atoms with Crippen molar-refractivity contribution in [2.45, 2.75) is 13.5 Å². The molecule has 4 rings (SSSR count). The van der Waals surface area contributed by atoms with Gasteiger partial charge in [-0.3, -0.25) is 14.4 Å². The Morgan fingerprint density at radius 2 is 1.62 bits per heavy atom. The van der Waals surface area contributed by atoms with Gasteiger partial charge in [0.15, 0.2) is 0 Å². The number of ether oxygens (including phenoxy) is 1. The number of hydrogen-bond acceptors (Lipinski definition) is 5. The van der Waals surface area contributed by atoms with E-state index in [-0.39, 0.29) is 29.2 Å². The number of nitrogens with one attached hydrogen (secondary N) is 1. The van der Waals surface area contributed by atoms with E-state index in [4.69, 9.17) is 16.3 Å². The van der Waals surface area contributed by atoms with Gasteiger partial charge in [0.2, 0.25) is 5.91 Å². The SMILES string of the molecule is CC(=O)Nc1ccc(N2C(=O)c3ccc(C(=O)OCc4ccccc4Cl)cc3C2=O)cc1. The molecule has 7 nitrogen and oxygen atoms in total. The van der Waals surface area contributed by atoms with Gasteiger partial charge < -0.3 is 10.1 Å². The van der Waals surface area contributed by atoms with Crippen molar-refractivity contribution in [1.29, 1.82) is 0 Å². The van der Waals surface area contributed by atoms with E-state index < -0.39 is 17.8 Å². The zero-order chi connectivity index (χ0) is 22.8. The first-order valence-corrected chi connectivity index (χ1v) is 10.0. The third-order valence-electron chi connectivity index (χ3n) is 4.88. The predicted molar refractivity (Wildman–Crippen MR) is 119 cm³/mol. The lowest BCUT2D eigenvalue weighted by Crippen LogP contribution is -2.29. The molecule has 0 radical (unpaired) electrons. The van der Waals surface area contributed by atoms with E-state index in [1.54, 1.807) is 48.5 Å². The van der Waals surface area contributed by atoms with Crippen LogP contribution in [0.5, 0.6) is 0 Å². The summed E-state index contributed by atoms with van der Waals surface area (Å²) in [5.41, 5.74) is 2.02. The van der Waals surface area contributed by atoms with Crippen molar-refractivity contribution in [3.8, 4) is 0 Å². The summed E-state index contributed by atoms with van der Waals surface area (Å²) in [5.74, 6) is -1.90. The number of amides is 3. The summed E-state index contributed by atoms with van der Waals surface area (Å²) in [6, 6.07) is 17.6. The fraction of sp³-hybridized carbons (Fsp3) is 0.0833. The molecular formula is C24H17ClN2O5. The lowest BCUT2D eigenvalue weighted by atomic mass is 10.1. The van der Waals surface area contributed by atoms with Gasteiger partial charge in [0.25, 0.3) is 11.8 Å². The Balaban J connectivity index is 1.53. The van der Waals surface area contributed by atoms with E-state index in [1.165, 1.54) is 25.1 Å². The average molecular weight is 449 g/mol. The lowest BCUT2D eigenvalue weighted by Gasteiger charge is -2.14. The number of fused-ring (bicyclic) bond motifs is 1. The highest BCUT2D eigenvalue weighted by Crippen LogP contribution is 2.30. The van der Waals surface area contributed by atoms with Gasteiger partial charge in [-0.1, -0.05) is 29.8 Å². The van der Waals surface area contributed by atoms with E-state index in [0.717, 1.165) is 4.90 Å². The summed E-state index contributed by atoms with van der Waals surface area (Å²) in [4.78, 5) is 50.4. The van der Waals surface area contributed by atoms with Crippen molar-refractivity contribution in [3.05, 3.63) is 94.0 Å². The van der Waals surface area contributed by atoms with E-state index in [2.05, 4.69) is 5.32 Å². The zero-order valence-corrected chi connectivity index (χ0v) is 17.7. The number of esters is 1. The second-order valence-electron chi connectivity index (χ2n) is 7.10. The molecule has 0 bridgehead atoms. The minimum atomic E-state index is -0.633. The van der Waals surface area contributed by atoms with Crippen LogP contribution in [0.25, 0.3) is 0 Å². The van der Waals surface area contributed by atoms with Crippen LogP contribution in [-0.2, 0) is 16.1 Å². The van der Waals surface area contributed by atoms with Crippen molar-refractivity contribution >= 4 is 46.7 Å². The van der Waals surface area contributed by atoms with E-state index in [0.29, 0.717) is 22.0 Å². The molecule has 1 aliphatic rings. The Bertz CT molecular complexity index is 1250. The largest absolute Gasteiger partial charge is 0.457 e. The molecule has 0 spiro atoms. The number of benzene rings is 3. The lowest BCUT2D eigenvalue weighted by molar-refractivity contribution is -0.114.